The van der Waals surface area contributed by atoms with Gasteiger partial charge in [-0.3, -0.25) is 14.4 Å². The molecule has 5 aliphatic carbocycles. The third kappa shape index (κ3) is 4.85. The predicted molar refractivity (Wildman–Crippen MR) is 187 cm³/mol. The molecule has 2 aromatic rings. The van der Waals surface area contributed by atoms with Gasteiger partial charge in [-0.15, -0.1) is 5.10 Å². The highest BCUT2D eigenvalue weighted by Crippen LogP contribution is 2.77. The first-order valence-electron chi connectivity index (χ1n) is 18.7. The van der Waals surface area contributed by atoms with Gasteiger partial charge in [0.05, 0.1) is 18.2 Å². The molecule has 49 heavy (non-hydrogen) atoms. The Balaban J connectivity index is 1.18. The van der Waals surface area contributed by atoms with Crippen molar-refractivity contribution in [1.29, 1.82) is 0 Å². The van der Waals surface area contributed by atoms with E-state index in [0.29, 0.717) is 42.0 Å². The van der Waals surface area contributed by atoms with Gasteiger partial charge in [-0.2, -0.15) is 0 Å². The van der Waals surface area contributed by atoms with E-state index >= 15 is 0 Å². The highest BCUT2D eigenvalue weighted by Gasteiger charge is 2.72. The number of hydrogen-bond donors (Lipinski definition) is 1. The molecule has 7 rings (SSSR count). The van der Waals surface area contributed by atoms with Crippen molar-refractivity contribution in [3.63, 3.8) is 0 Å². The molecule has 8 nitrogen and oxygen atoms in total. The fourth-order valence-electron chi connectivity index (χ4n) is 13.5. The molecular weight excluding hydrogens is 614 g/mol. The summed E-state index contributed by atoms with van der Waals surface area (Å²) in [4.78, 5) is 37.1. The molecule has 0 amide bonds. The van der Waals surface area contributed by atoms with Crippen LogP contribution in [0.1, 0.15) is 116 Å². The Hall–Kier alpha value is -3.29. The number of nitrogens with zero attached hydrogens (tertiary/aromatic N) is 3. The lowest BCUT2D eigenvalue weighted by Crippen LogP contribution is -2.67. The number of hydrogen-bond acceptors (Lipinski definition) is 6. The molecule has 1 aromatic heterocycles. The molecule has 5 saturated carbocycles. The summed E-state index contributed by atoms with van der Waals surface area (Å²) >= 11 is 0. The van der Waals surface area contributed by atoms with E-state index in [1.165, 1.54) is 6.92 Å². The second-order valence-corrected chi connectivity index (χ2v) is 17.9. The van der Waals surface area contributed by atoms with E-state index in [1.807, 2.05) is 24.4 Å². The lowest BCUT2D eigenvalue weighted by atomic mass is 9.32. The monoisotopic (exact) mass is 669 g/mol. The van der Waals surface area contributed by atoms with Crippen LogP contribution in [0.3, 0.4) is 0 Å². The third-order valence-electron chi connectivity index (χ3n) is 15.9. The Morgan fingerprint density at radius 2 is 1.71 bits per heavy atom. The van der Waals surface area contributed by atoms with E-state index in [9.17, 15) is 19.5 Å². The first-order chi connectivity index (χ1) is 23.1. The average Bonchev–Trinajstić information content (AvgIpc) is 3.68. The number of carboxylic acids is 1. The molecule has 1 aromatic carbocycles. The van der Waals surface area contributed by atoms with Crippen LogP contribution in [0, 0.1) is 56.7 Å². The van der Waals surface area contributed by atoms with Crippen LogP contribution >= 0.6 is 0 Å². The molecule has 0 saturated heterocycles. The summed E-state index contributed by atoms with van der Waals surface area (Å²) in [6.07, 6.45) is 12.3. The molecular formula is C41H55N3O5. The van der Waals surface area contributed by atoms with Gasteiger partial charge >= 0.3 is 11.9 Å². The molecule has 5 fully saturated rings. The van der Waals surface area contributed by atoms with E-state index in [1.54, 1.807) is 10.7 Å². The van der Waals surface area contributed by atoms with Crippen molar-refractivity contribution in [3.05, 3.63) is 48.2 Å². The zero-order valence-electron chi connectivity index (χ0n) is 30.3. The maximum Gasteiger partial charge on any atom is 0.309 e. The van der Waals surface area contributed by atoms with Crippen molar-refractivity contribution in [2.45, 2.75) is 118 Å². The lowest BCUT2D eigenvalue weighted by Gasteiger charge is -2.72. The summed E-state index contributed by atoms with van der Waals surface area (Å²) in [6.45, 7) is 18.9. The largest absolute Gasteiger partial charge is 0.481 e. The van der Waals surface area contributed by atoms with Crippen LogP contribution in [0.25, 0.3) is 11.3 Å². The van der Waals surface area contributed by atoms with Crippen molar-refractivity contribution in [3.8, 4) is 11.3 Å². The Morgan fingerprint density at radius 3 is 2.43 bits per heavy atom. The van der Waals surface area contributed by atoms with E-state index in [4.69, 9.17) is 4.74 Å². The number of allylic oxidation sites excluding steroid dienone is 1. The van der Waals surface area contributed by atoms with E-state index in [2.05, 4.69) is 51.5 Å². The van der Waals surface area contributed by atoms with Gasteiger partial charge in [0.1, 0.15) is 11.8 Å². The molecule has 8 heteroatoms. The number of aldehydes is 1. The molecule has 1 N–H and O–H groups in total. The zero-order valence-corrected chi connectivity index (χ0v) is 30.3. The van der Waals surface area contributed by atoms with E-state index in [-0.39, 0.29) is 45.6 Å². The Bertz CT molecular complexity index is 1680. The minimum atomic E-state index is -0.720. The Morgan fingerprint density at radius 1 is 0.959 bits per heavy atom. The number of carboxylic acid groups (broad SMARTS) is 1. The van der Waals surface area contributed by atoms with Gasteiger partial charge in [-0.25, -0.2) is 4.68 Å². The molecule has 0 aliphatic heterocycles. The van der Waals surface area contributed by atoms with Crippen molar-refractivity contribution in [2.24, 2.45) is 56.7 Å². The third-order valence-corrected chi connectivity index (χ3v) is 15.9. The smallest absolute Gasteiger partial charge is 0.309 e. The number of esters is 1. The van der Waals surface area contributed by atoms with Gasteiger partial charge < -0.3 is 9.84 Å². The van der Waals surface area contributed by atoms with Crippen molar-refractivity contribution in [2.75, 3.05) is 0 Å². The zero-order chi connectivity index (χ0) is 35.1. The number of aromatic nitrogens is 3. The second kappa shape index (κ2) is 11.6. The lowest BCUT2D eigenvalue weighted by molar-refractivity contribution is -0.250. The molecule has 0 unspecified atom stereocenters. The maximum absolute atomic E-state index is 13.3. The SMILES string of the molecule is C=C(Cn1cc(-c2ccccc2C=O)nn1)[C@@H]1CC[C@]2(C(=O)O)CC[C@]3(C)[C@H](CC[C@@H]4[C@@]5(C)CC[C@H](OC(C)=O)C(C)(C)[C@@H]5CC[C@]43C)[C@@H]12. The fourth-order valence-corrected chi connectivity index (χ4v) is 13.5. The number of rotatable bonds is 7. The standard InChI is InChI=1S/C41H55N3O5/c1-25(22-44-23-31(42-43-44)29-11-9-8-10-27(29)24-45)28-14-19-41(36(47)48)21-20-39(6)30(35(28)41)12-13-33-38(5)17-16-34(49-26(2)46)37(3,4)32(38)15-18-40(33,39)7/h8-11,23-24,28,30,32-35H,1,12-22H2,2-7H3,(H,47,48)/t28-,30+,32-,33+,34-,35+,38-,39+,40+,41-/m0/s1. The summed E-state index contributed by atoms with van der Waals surface area (Å²) < 4.78 is 7.73. The fraction of sp³-hybridized carbons (Fsp3) is 0.683. The molecule has 1 heterocycles. The van der Waals surface area contributed by atoms with Crippen molar-refractivity contribution >= 4 is 18.2 Å². The van der Waals surface area contributed by atoms with Gasteiger partial charge in [0, 0.05) is 23.5 Å². The number of benzene rings is 1. The summed E-state index contributed by atoms with van der Waals surface area (Å²) in [6, 6.07) is 7.39. The molecule has 5 aliphatic rings. The normalized spacial score (nSPS) is 40.6. The van der Waals surface area contributed by atoms with Gasteiger partial charge in [0.25, 0.3) is 0 Å². The molecule has 0 spiro atoms. The average molecular weight is 670 g/mol. The molecule has 264 valence electrons. The van der Waals surface area contributed by atoms with Crippen LogP contribution in [0.4, 0.5) is 0 Å². The topological polar surface area (TPSA) is 111 Å². The van der Waals surface area contributed by atoms with Crippen LogP contribution in [0.5, 0.6) is 0 Å². The van der Waals surface area contributed by atoms with Gasteiger partial charge in [-0.1, -0.05) is 76.2 Å². The summed E-state index contributed by atoms with van der Waals surface area (Å²) in [5.74, 6) is 0.648. The van der Waals surface area contributed by atoms with Crippen LogP contribution in [0.2, 0.25) is 0 Å². The maximum atomic E-state index is 13.3. The number of ether oxygens (including phenoxy) is 1. The van der Waals surface area contributed by atoms with Crippen LogP contribution in [-0.2, 0) is 20.9 Å². The second-order valence-electron chi connectivity index (χ2n) is 17.9. The number of fused-ring (bicyclic) bond motifs is 7. The summed E-state index contributed by atoms with van der Waals surface area (Å²) in [5.41, 5.74) is 2.46. The van der Waals surface area contributed by atoms with Crippen LogP contribution < -0.4 is 0 Å². The van der Waals surface area contributed by atoms with Gasteiger partial charge in [-0.05, 0) is 110 Å². The van der Waals surface area contributed by atoms with Crippen LogP contribution in [-0.4, -0.2) is 44.4 Å². The van der Waals surface area contributed by atoms with Crippen molar-refractivity contribution < 1.29 is 24.2 Å². The Kier molecular flexibility index (Phi) is 8.11. The minimum Gasteiger partial charge on any atom is -0.481 e. The van der Waals surface area contributed by atoms with Crippen molar-refractivity contribution in [1.82, 2.24) is 15.0 Å². The van der Waals surface area contributed by atoms with Crippen LogP contribution in [0.15, 0.2) is 42.6 Å². The molecule has 0 bridgehead atoms. The number of carbonyl (C=O) groups is 3. The number of carbonyl (C=O) groups excluding carboxylic acids is 2. The van der Waals surface area contributed by atoms with Gasteiger partial charge in [0.15, 0.2) is 6.29 Å². The Labute approximate surface area is 291 Å². The highest BCUT2D eigenvalue weighted by molar-refractivity contribution is 5.86. The first kappa shape index (κ1) is 34.2. The highest BCUT2D eigenvalue weighted by atomic mass is 16.5. The quantitative estimate of drug-likeness (QED) is 0.179. The minimum absolute atomic E-state index is 0.0201. The van der Waals surface area contributed by atoms with E-state index < -0.39 is 11.4 Å². The summed E-state index contributed by atoms with van der Waals surface area (Å²) in [7, 11) is 0. The predicted octanol–water partition coefficient (Wildman–Crippen LogP) is 8.41. The van der Waals surface area contributed by atoms with Gasteiger partial charge in [0.2, 0.25) is 0 Å². The molecule has 0 radical (unpaired) electrons. The number of aliphatic carboxylic acids is 1. The first-order valence-corrected chi connectivity index (χ1v) is 18.7. The van der Waals surface area contributed by atoms with E-state index in [0.717, 1.165) is 75.2 Å². The molecule has 10 atom stereocenters. The summed E-state index contributed by atoms with van der Waals surface area (Å²) in [5, 5.41) is 19.8.